The van der Waals surface area contributed by atoms with Crippen molar-refractivity contribution in [2.45, 2.75) is 0 Å². The van der Waals surface area contributed by atoms with Crippen molar-refractivity contribution in [3.8, 4) is 6.07 Å². The molecule has 0 aliphatic rings. The lowest BCUT2D eigenvalue weighted by Gasteiger charge is -2.20. The number of halogens is 2. The summed E-state index contributed by atoms with van der Waals surface area (Å²) in [4.78, 5) is 12.0. The highest BCUT2D eigenvalue weighted by molar-refractivity contribution is 9.10. The molecule has 0 N–H and O–H groups in total. The molecule has 2 aromatic rings. The van der Waals surface area contributed by atoms with Gasteiger partial charge in [-0.05, 0) is 40.2 Å². The third kappa shape index (κ3) is 3.01. The van der Waals surface area contributed by atoms with Crippen LogP contribution in [0, 0.1) is 27.3 Å². The number of nitrogens with zero attached hydrogens (tertiary/aromatic N) is 3. The molecule has 2 aromatic carbocycles. The molecule has 2 rings (SSSR count). The van der Waals surface area contributed by atoms with Gasteiger partial charge in [-0.15, -0.1) is 0 Å². The van der Waals surface area contributed by atoms with E-state index in [1.54, 1.807) is 31.3 Å². The number of benzene rings is 2. The Kier molecular flexibility index (Phi) is 4.19. The highest BCUT2D eigenvalue weighted by atomic mass is 79.9. The van der Waals surface area contributed by atoms with E-state index in [9.17, 15) is 14.5 Å². The van der Waals surface area contributed by atoms with Gasteiger partial charge in [-0.3, -0.25) is 10.1 Å². The molecule has 0 atom stereocenters. The number of nitriles is 1. The Bertz CT molecular complexity index is 758. The summed E-state index contributed by atoms with van der Waals surface area (Å²) in [6.45, 7) is 0. The first-order chi connectivity index (χ1) is 9.93. The summed E-state index contributed by atoms with van der Waals surface area (Å²) in [7, 11) is 1.61. The Morgan fingerprint density at radius 3 is 2.71 bits per heavy atom. The minimum absolute atomic E-state index is 0.131. The van der Waals surface area contributed by atoms with Crippen molar-refractivity contribution in [1.82, 2.24) is 0 Å². The minimum atomic E-state index is -0.704. The Hall–Kier alpha value is -2.46. The van der Waals surface area contributed by atoms with Gasteiger partial charge >= 0.3 is 0 Å². The lowest BCUT2D eigenvalue weighted by Crippen LogP contribution is -2.12. The second kappa shape index (κ2) is 5.89. The Balaban J connectivity index is 2.57. The Morgan fingerprint density at radius 2 is 2.10 bits per heavy atom. The smallest absolute Gasteiger partial charge is 0.295 e. The average Bonchev–Trinajstić information content (AvgIpc) is 2.48. The number of nitro benzene ring substituents is 1. The standard InChI is InChI=1S/C14H9BrFN3O2/c1-18(10-4-2-3-9(5-10)8-17)13-6-11(15)12(16)7-14(13)19(20)21/h2-7H,1H3. The fourth-order valence-corrected chi connectivity index (χ4v) is 2.20. The van der Waals surface area contributed by atoms with Crippen LogP contribution < -0.4 is 4.90 Å². The topological polar surface area (TPSA) is 70.2 Å². The van der Waals surface area contributed by atoms with E-state index < -0.39 is 10.7 Å². The normalized spacial score (nSPS) is 10.0. The van der Waals surface area contributed by atoms with Gasteiger partial charge in [0.2, 0.25) is 0 Å². The van der Waals surface area contributed by atoms with Crippen molar-refractivity contribution >= 4 is 33.0 Å². The maximum Gasteiger partial charge on any atom is 0.295 e. The molecule has 0 bridgehead atoms. The molecule has 0 heterocycles. The zero-order chi connectivity index (χ0) is 15.6. The van der Waals surface area contributed by atoms with E-state index in [4.69, 9.17) is 5.26 Å². The summed E-state index contributed by atoms with van der Waals surface area (Å²) in [5.74, 6) is -0.704. The second-order valence-corrected chi connectivity index (χ2v) is 5.09. The van der Waals surface area contributed by atoms with E-state index in [-0.39, 0.29) is 15.8 Å². The van der Waals surface area contributed by atoms with E-state index in [1.165, 1.54) is 11.0 Å². The number of rotatable bonds is 3. The maximum atomic E-state index is 13.5. The van der Waals surface area contributed by atoms with Crippen LogP contribution in [0.3, 0.4) is 0 Å². The molecule has 21 heavy (non-hydrogen) atoms. The molecule has 106 valence electrons. The zero-order valence-corrected chi connectivity index (χ0v) is 12.5. The molecule has 7 heteroatoms. The van der Waals surface area contributed by atoms with Gasteiger partial charge in [0.15, 0.2) is 0 Å². The van der Waals surface area contributed by atoms with Crippen molar-refractivity contribution in [1.29, 1.82) is 5.26 Å². The van der Waals surface area contributed by atoms with Crippen LogP contribution in [0.2, 0.25) is 0 Å². The first-order valence-electron chi connectivity index (χ1n) is 5.81. The Labute approximate surface area is 128 Å². The van der Waals surface area contributed by atoms with E-state index in [0.717, 1.165) is 6.07 Å². The lowest BCUT2D eigenvalue weighted by atomic mass is 10.2. The lowest BCUT2D eigenvalue weighted by molar-refractivity contribution is -0.384. The van der Waals surface area contributed by atoms with Crippen LogP contribution in [-0.2, 0) is 0 Å². The maximum absolute atomic E-state index is 13.5. The van der Waals surface area contributed by atoms with Crippen LogP contribution in [-0.4, -0.2) is 12.0 Å². The summed E-state index contributed by atoms with van der Waals surface area (Å²) < 4.78 is 13.6. The van der Waals surface area contributed by atoms with Gasteiger partial charge in [-0.2, -0.15) is 5.26 Å². The van der Waals surface area contributed by atoms with Crippen LogP contribution >= 0.6 is 15.9 Å². The molecule has 5 nitrogen and oxygen atoms in total. The van der Waals surface area contributed by atoms with E-state index >= 15 is 0 Å². The van der Waals surface area contributed by atoms with Crippen LogP contribution in [0.5, 0.6) is 0 Å². The molecule has 0 aliphatic carbocycles. The third-order valence-electron chi connectivity index (χ3n) is 2.94. The van der Waals surface area contributed by atoms with Crippen LogP contribution in [0.1, 0.15) is 5.56 Å². The SMILES string of the molecule is CN(c1cccc(C#N)c1)c1cc(Br)c(F)cc1[N+](=O)[O-]. The number of anilines is 2. The first kappa shape index (κ1) is 14.9. The van der Waals surface area contributed by atoms with Crippen molar-refractivity contribution in [3.05, 3.63) is 62.4 Å². The van der Waals surface area contributed by atoms with Gasteiger partial charge in [0.05, 0.1) is 27.1 Å². The molecular formula is C14H9BrFN3O2. The molecule has 0 radical (unpaired) electrons. The third-order valence-corrected chi connectivity index (χ3v) is 3.55. The molecular weight excluding hydrogens is 341 g/mol. The average molecular weight is 350 g/mol. The summed E-state index contributed by atoms with van der Waals surface area (Å²) in [6, 6.07) is 10.8. The van der Waals surface area contributed by atoms with E-state index in [2.05, 4.69) is 15.9 Å². The molecule has 0 saturated carbocycles. The second-order valence-electron chi connectivity index (χ2n) is 4.23. The molecule has 0 fully saturated rings. The predicted octanol–water partition coefficient (Wildman–Crippen LogP) is 4.14. The molecule has 0 aliphatic heterocycles. The van der Waals surface area contributed by atoms with Gasteiger partial charge in [-0.25, -0.2) is 4.39 Å². The molecule has 0 amide bonds. The summed E-state index contributed by atoms with van der Waals surface area (Å²) in [5.41, 5.74) is 0.905. The zero-order valence-electron chi connectivity index (χ0n) is 10.9. The van der Waals surface area contributed by atoms with E-state index in [1.807, 2.05) is 6.07 Å². The predicted molar refractivity (Wildman–Crippen MR) is 80.0 cm³/mol. The number of hydrogen-bond acceptors (Lipinski definition) is 4. The van der Waals surface area contributed by atoms with Crippen LogP contribution in [0.25, 0.3) is 0 Å². The minimum Gasteiger partial charge on any atom is -0.339 e. The molecule has 0 saturated heterocycles. The highest BCUT2D eigenvalue weighted by Gasteiger charge is 2.21. The van der Waals surface area contributed by atoms with Gasteiger partial charge < -0.3 is 4.90 Å². The van der Waals surface area contributed by atoms with Gasteiger partial charge in [0, 0.05) is 12.7 Å². The van der Waals surface area contributed by atoms with E-state index in [0.29, 0.717) is 11.3 Å². The van der Waals surface area contributed by atoms with Gasteiger partial charge in [-0.1, -0.05) is 6.07 Å². The monoisotopic (exact) mass is 349 g/mol. The highest BCUT2D eigenvalue weighted by Crippen LogP contribution is 2.36. The molecule has 0 spiro atoms. The fourth-order valence-electron chi connectivity index (χ4n) is 1.86. The summed E-state index contributed by atoms with van der Waals surface area (Å²) in [5, 5.41) is 20.0. The van der Waals surface area contributed by atoms with Gasteiger partial charge in [0.1, 0.15) is 11.5 Å². The van der Waals surface area contributed by atoms with Crippen molar-refractivity contribution < 1.29 is 9.31 Å². The number of nitro groups is 1. The summed E-state index contributed by atoms with van der Waals surface area (Å²) in [6.07, 6.45) is 0. The molecule has 0 unspecified atom stereocenters. The fraction of sp³-hybridized carbons (Fsp3) is 0.0714. The van der Waals surface area contributed by atoms with Crippen molar-refractivity contribution in [2.75, 3.05) is 11.9 Å². The van der Waals surface area contributed by atoms with Crippen molar-refractivity contribution in [2.24, 2.45) is 0 Å². The largest absolute Gasteiger partial charge is 0.339 e. The number of hydrogen-bond donors (Lipinski definition) is 0. The quantitative estimate of drug-likeness (QED) is 0.616. The van der Waals surface area contributed by atoms with Crippen LogP contribution in [0.4, 0.5) is 21.5 Å². The van der Waals surface area contributed by atoms with Gasteiger partial charge in [0.25, 0.3) is 5.69 Å². The van der Waals surface area contributed by atoms with Crippen molar-refractivity contribution in [3.63, 3.8) is 0 Å². The first-order valence-corrected chi connectivity index (χ1v) is 6.60. The molecule has 0 aromatic heterocycles. The van der Waals surface area contributed by atoms with Crippen LogP contribution in [0.15, 0.2) is 40.9 Å². The summed E-state index contributed by atoms with van der Waals surface area (Å²) >= 11 is 3.02. The Morgan fingerprint density at radius 1 is 1.38 bits per heavy atom.